The van der Waals surface area contributed by atoms with Crippen LogP contribution in [-0.4, -0.2) is 44.4 Å². The molecule has 1 aromatic carbocycles. The first kappa shape index (κ1) is 24.6. The van der Waals surface area contributed by atoms with Crippen molar-refractivity contribution in [3.05, 3.63) is 75.5 Å². The van der Waals surface area contributed by atoms with Gasteiger partial charge in [0.2, 0.25) is 0 Å². The van der Waals surface area contributed by atoms with Crippen molar-refractivity contribution >= 4 is 51.7 Å². The van der Waals surface area contributed by atoms with Crippen LogP contribution >= 0.6 is 23.2 Å². The molecule has 2 atom stereocenters. The summed E-state index contributed by atoms with van der Waals surface area (Å²) < 4.78 is 5.78. The molecular formula is C29H24Cl2N4O4. The van der Waals surface area contributed by atoms with Crippen molar-refractivity contribution in [3.8, 4) is 11.3 Å². The minimum absolute atomic E-state index is 0.0642. The zero-order chi connectivity index (χ0) is 26.8. The Balaban J connectivity index is 1.11. The fourth-order valence-corrected chi connectivity index (χ4v) is 6.48. The molecule has 39 heavy (non-hydrogen) atoms. The van der Waals surface area contributed by atoms with E-state index in [0.29, 0.717) is 50.7 Å². The normalized spacial score (nSPS) is 22.1. The second-order valence-corrected chi connectivity index (χ2v) is 11.4. The zero-order valence-corrected chi connectivity index (χ0v) is 22.2. The number of benzene rings is 1. The maximum absolute atomic E-state index is 11.4. The maximum Gasteiger partial charge on any atom is 0.354 e. The lowest BCUT2D eigenvalue weighted by Crippen LogP contribution is -2.23. The number of hydrogen-bond acceptors (Lipinski definition) is 7. The number of carboxylic acids is 1. The van der Waals surface area contributed by atoms with Gasteiger partial charge in [-0.15, -0.1) is 0 Å². The summed E-state index contributed by atoms with van der Waals surface area (Å²) in [6, 6.07) is 7.46. The first-order valence-electron chi connectivity index (χ1n) is 12.9. The van der Waals surface area contributed by atoms with Gasteiger partial charge in [0.25, 0.3) is 0 Å². The summed E-state index contributed by atoms with van der Waals surface area (Å²) >= 11 is 12.9. The van der Waals surface area contributed by atoms with Crippen LogP contribution in [-0.2, 0) is 6.61 Å². The van der Waals surface area contributed by atoms with Crippen LogP contribution in [0, 0.1) is 17.8 Å². The van der Waals surface area contributed by atoms with Crippen molar-refractivity contribution in [1.82, 2.24) is 15.1 Å². The molecule has 7 rings (SSSR count). The number of aliphatic hydroxyl groups excluding tert-OH is 1. The quantitative estimate of drug-likeness (QED) is 0.279. The molecule has 2 unspecified atom stereocenters. The van der Waals surface area contributed by atoms with Crippen LogP contribution in [0.4, 0.5) is 5.69 Å². The van der Waals surface area contributed by atoms with Gasteiger partial charge in [0.15, 0.2) is 0 Å². The predicted octanol–water partition coefficient (Wildman–Crippen LogP) is 6.06. The molecule has 1 aliphatic heterocycles. The number of fused-ring (bicyclic) bond motifs is 2. The molecule has 3 aliphatic rings. The molecule has 3 aromatic heterocycles. The fourth-order valence-electron chi connectivity index (χ4n) is 5.94. The van der Waals surface area contributed by atoms with Gasteiger partial charge in [0, 0.05) is 53.6 Å². The molecule has 0 amide bonds. The van der Waals surface area contributed by atoms with Crippen molar-refractivity contribution in [1.29, 1.82) is 0 Å². The van der Waals surface area contributed by atoms with E-state index in [0.717, 1.165) is 53.7 Å². The first-order valence-corrected chi connectivity index (χ1v) is 13.7. The van der Waals surface area contributed by atoms with Gasteiger partial charge in [-0.05, 0) is 54.2 Å². The molecular weight excluding hydrogens is 539 g/mol. The number of anilines is 1. The molecule has 4 heterocycles. The van der Waals surface area contributed by atoms with Crippen LogP contribution in [0.25, 0.3) is 28.1 Å². The minimum Gasteiger partial charge on any atom is -0.477 e. The monoisotopic (exact) mass is 562 g/mol. The average Bonchev–Trinajstić information content (AvgIpc) is 3.79. The summed E-state index contributed by atoms with van der Waals surface area (Å²) in [5.41, 5.74) is 3.63. The number of nitrogens with zero attached hydrogens (tertiary/aromatic N) is 4. The summed E-state index contributed by atoms with van der Waals surface area (Å²) in [5.74, 6) is 1.73. The van der Waals surface area contributed by atoms with Crippen LogP contribution in [0.2, 0.25) is 10.0 Å². The van der Waals surface area contributed by atoms with Crippen molar-refractivity contribution in [2.75, 3.05) is 18.0 Å². The Morgan fingerprint density at radius 3 is 2.54 bits per heavy atom. The van der Waals surface area contributed by atoms with Gasteiger partial charge in [-0.25, -0.2) is 9.78 Å². The number of piperidine rings is 1. The number of aliphatic hydroxyl groups is 1. The Kier molecular flexibility index (Phi) is 5.88. The molecule has 0 spiro atoms. The number of aromatic nitrogens is 3. The molecule has 8 nitrogen and oxygen atoms in total. The lowest BCUT2D eigenvalue weighted by molar-refractivity contribution is 0.0690. The number of halogens is 2. The molecule has 198 valence electrons. The van der Waals surface area contributed by atoms with E-state index in [2.05, 4.69) is 32.2 Å². The lowest BCUT2D eigenvalue weighted by Gasteiger charge is -2.22. The fraction of sp³-hybridized carbons (Fsp3) is 0.310. The van der Waals surface area contributed by atoms with Gasteiger partial charge >= 0.3 is 5.97 Å². The second kappa shape index (κ2) is 9.33. The second-order valence-electron chi connectivity index (χ2n) is 10.6. The molecule has 0 radical (unpaired) electrons. The van der Waals surface area contributed by atoms with E-state index in [4.69, 9.17) is 27.7 Å². The van der Waals surface area contributed by atoms with Crippen LogP contribution in [0.15, 0.2) is 47.3 Å². The lowest BCUT2D eigenvalue weighted by atomic mass is 10.0. The summed E-state index contributed by atoms with van der Waals surface area (Å²) in [6.07, 6.45) is 9.73. The molecule has 3 fully saturated rings. The summed E-state index contributed by atoms with van der Waals surface area (Å²) in [7, 11) is 0. The highest BCUT2D eigenvalue weighted by atomic mass is 35.5. The Hall–Kier alpha value is -3.46. The minimum atomic E-state index is -1.11. The summed E-state index contributed by atoms with van der Waals surface area (Å²) in [4.78, 5) is 21.9. The van der Waals surface area contributed by atoms with Crippen molar-refractivity contribution in [3.63, 3.8) is 0 Å². The SMILES string of the molecule is O=C(O)c1cc2ccc(N3CC4C(/C=C/c5c(-c6c(Cl)cncc6Cl)noc5C5CC5)C4C3)cc2c(CO)n1. The third kappa shape index (κ3) is 4.27. The highest BCUT2D eigenvalue weighted by molar-refractivity contribution is 6.39. The first-order chi connectivity index (χ1) is 18.9. The standard InChI is InChI=1S/C29H24Cl2N4O4/c30-22-9-32-10-23(31)26(22)27-18(28(39-34-27)14-1-2-14)6-5-17-20-11-35(12-21(17)20)16-4-3-15-7-24(29(37)38)33-25(13-36)19(15)8-16/h3-10,14,17,20-21,36H,1-2,11-13H2,(H,37,38)/b6-5+. The molecule has 1 saturated heterocycles. The highest BCUT2D eigenvalue weighted by Gasteiger charge is 2.54. The third-order valence-corrected chi connectivity index (χ3v) is 8.74. The Bertz CT molecular complexity index is 1630. The van der Waals surface area contributed by atoms with E-state index in [1.54, 1.807) is 18.5 Å². The van der Waals surface area contributed by atoms with Gasteiger partial charge < -0.3 is 19.6 Å². The van der Waals surface area contributed by atoms with Crippen LogP contribution in [0.1, 0.15) is 46.3 Å². The molecule has 2 aliphatic carbocycles. The Morgan fingerprint density at radius 2 is 1.87 bits per heavy atom. The van der Waals surface area contributed by atoms with Crippen molar-refractivity contribution in [2.24, 2.45) is 17.8 Å². The average molecular weight is 563 g/mol. The summed E-state index contributed by atoms with van der Waals surface area (Å²) in [6.45, 7) is 1.53. The van der Waals surface area contributed by atoms with Crippen LogP contribution in [0.3, 0.4) is 0 Å². The topological polar surface area (TPSA) is 113 Å². The van der Waals surface area contributed by atoms with Crippen LogP contribution < -0.4 is 4.90 Å². The largest absolute Gasteiger partial charge is 0.477 e. The van der Waals surface area contributed by atoms with Crippen molar-refractivity contribution < 1.29 is 19.5 Å². The van der Waals surface area contributed by atoms with Crippen molar-refractivity contribution in [2.45, 2.75) is 25.4 Å². The van der Waals surface area contributed by atoms with E-state index in [-0.39, 0.29) is 12.3 Å². The zero-order valence-electron chi connectivity index (χ0n) is 20.7. The molecule has 4 aromatic rings. The molecule has 2 saturated carbocycles. The van der Waals surface area contributed by atoms with Gasteiger partial charge in [-0.3, -0.25) is 4.98 Å². The predicted molar refractivity (Wildman–Crippen MR) is 148 cm³/mol. The number of hydrogen-bond donors (Lipinski definition) is 2. The Morgan fingerprint density at radius 1 is 1.13 bits per heavy atom. The van der Waals surface area contributed by atoms with E-state index >= 15 is 0 Å². The van der Waals surface area contributed by atoms with Gasteiger partial charge in [-0.2, -0.15) is 0 Å². The highest BCUT2D eigenvalue weighted by Crippen LogP contribution is 2.54. The maximum atomic E-state index is 11.4. The Labute approximate surface area is 233 Å². The molecule has 2 N–H and O–H groups in total. The smallest absolute Gasteiger partial charge is 0.354 e. The third-order valence-electron chi connectivity index (χ3n) is 8.17. The number of carbonyl (C=O) groups is 1. The van der Waals surface area contributed by atoms with Crippen LogP contribution in [0.5, 0.6) is 0 Å². The van der Waals surface area contributed by atoms with E-state index in [1.807, 2.05) is 18.2 Å². The van der Waals surface area contributed by atoms with Gasteiger partial charge in [0.05, 0.1) is 22.3 Å². The van der Waals surface area contributed by atoms with E-state index in [9.17, 15) is 15.0 Å². The number of rotatable bonds is 7. The van der Waals surface area contributed by atoms with Gasteiger partial charge in [-0.1, -0.05) is 46.6 Å². The number of allylic oxidation sites excluding steroid dienone is 1. The van der Waals surface area contributed by atoms with E-state index < -0.39 is 5.97 Å². The number of carboxylic acid groups (broad SMARTS) is 1. The molecule has 0 bridgehead atoms. The van der Waals surface area contributed by atoms with E-state index in [1.165, 1.54) is 0 Å². The number of pyridine rings is 2. The number of aromatic carboxylic acids is 1. The molecule has 10 heteroatoms. The summed E-state index contributed by atoms with van der Waals surface area (Å²) in [5, 5.41) is 25.9. The van der Waals surface area contributed by atoms with Gasteiger partial charge in [0.1, 0.15) is 17.1 Å².